The third-order valence-electron chi connectivity index (χ3n) is 3.54. The predicted octanol–water partition coefficient (Wildman–Crippen LogP) is 3.02. The molecule has 0 amide bonds. The van der Waals surface area contributed by atoms with Gasteiger partial charge in [0.05, 0.1) is 0 Å². The van der Waals surface area contributed by atoms with Crippen molar-refractivity contribution in [3.8, 4) is 0 Å². The smallest absolute Gasteiger partial charge is 0.126 e. The van der Waals surface area contributed by atoms with Crippen molar-refractivity contribution in [3.63, 3.8) is 0 Å². The van der Waals surface area contributed by atoms with Crippen molar-refractivity contribution in [2.24, 2.45) is 11.3 Å². The van der Waals surface area contributed by atoms with E-state index in [1.165, 1.54) is 5.56 Å². The van der Waals surface area contributed by atoms with E-state index in [2.05, 4.69) is 38.1 Å². The first kappa shape index (κ1) is 9.45. The topological polar surface area (TPSA) is 17.1 Å². The number of benzene rings is 1. The van der Waals surface area contributed by atoms with E-state index in [1.54, 1.807) is 0 Å². The van der Waals surface area contributed by atoms with Crippen LogP contribution >= 0.6 is 0 Å². The van der Waals surface area contributed by atoms with Crippen LogP contribution in [0, 0.1) is 11.3 Å². The molecule has 3 unspecified atom stereocenters. The van der Waals surface area contributed by atoms with Gasteiger partial charge in [-0.15, -0.1) is 0 Å². The molecule has 1 aromatic rings. The molecule has 1 aromatic carbocycles. The van der Waals surface area contributed by atoms with Gasteiger partial charge in [-0.05, 0) is 23.8 Å². The van der Waals surface area contributed by atoms with Gasteiger partial charge in [0.15, 0.2) is 0 Å². The summed E-state index contributed by atoms with van der Waals surface area (Å²) in [7, 11) is 0. The lowest BCUT2D eigenvalue weighted by Crippen LogP contribution is -2.05. The molecular formula is C13H16O. The third-order valence-corrected chi connectivity index (χ3v) is 3.54. The SMILES string of the molecule is CC(c1ccccc1)C1CC1(C)C=O. The van der Waals surface area contributed by atoms with Crippen LogP contribution in [0.2, 0.25) is 0 Å². The molecule has 1 aliphatic carbocycles. The Balaban J connectivity index is 2.12. The van der Waals surface area contributed by atoms with Crippen molar-refractivity contribution < 1.29 is 4.79 Å². The minimum absolute atomic E-state index is 0.0464. The fourth-order valence-electron chi connectivity index (χ4n) is 2.29. The van der Waals surface area contributed by atoms with Crippen molar-refractivity contribution in [3.05, 3.63) is 35.9 Å². The molecule has 0 aliphatic heterocycles. The van der Waals surface area contributed by atoms with E-state index >= 15 is 0 Å². The van der Waals surface area contributed by atoms with E-state index in [-0.39, 0.29) is 5.41 Å². The maximum absolute atomic E-state index is 10.8. The van der Waals surface area contributed by atoms with Crippen molar-refractivity contribution in [2.75, 3.05) is 0 Å². The van der Waals surface area contributed by atoms with Crippen molar-refractivity contribution in [1.29, 1.82) is 0 Å². The minimum atomic E-state index is -0.0464. The van der Waals surface area contributed by atoms with Crippen LogP contribution in [-0.4, -0.2) is 6.29 Å². The number of hydrogen-bond acceptors (Lipinski definition) is 1. The van der Waals surface area contributed by atoms with Gasteiger partial charge in [-0.2, -0.15) is 0 Å². The summed E-state index contributed by atoms with van der Waals surface area (Å²) < 4.78 is 0. The molecule has 0 heterocycles. The number of rotatable bonds is 3. The first-order valence-corrected chi connectivity index (χ1v) is 5.18. The standard InChI is InChI=1S/C13H16O/c1-10(11-6-4-3-5-7-11)12-8-13(12,2)9-14/h3-7,9-10,12H,8H2,1-2H3. The van der Waals surface area contributed by atoms with Gasteiger partial charge in [-0.25, -0.2) is 0 Å². The molecule has 1 fully saturated rings. The monoisotopic (exact) mass is 188 g/mol. The second-order valence-electron chi connectivity index (χ2n) is 4.63. The molecule has 3 atom stereocenters. The molecule has 1 nitrogen and oxygen atoms in total. The second-order valence-corrected chi connectivity index (χ2v) is 4.63. The molecule has 0 spiro atoms. The second kappa shape index (κ2) is 3.23. The Morgan fingerprint density at radius 2 is 2.07 bits per heavy atom. The van der Waals surface area contributed by atoms with Gasteiger partial charge >= 0.3 is 0 Å². The van der Waals surface area contributed by atoms with E-state index in [4.69, 9.17) is 0 Å². The summed E-state index contributed by atoms with van der Waals surface area (Å²) in [6.07, 6.45) is 2.17. The summed E-state index contributed by atoms with van der Waals surface area (Å²) >= 11 is 0. The van der Waals surface area contributed by atoms with Crippen LogP contribution in [0.4, 0.5) is 0 Å². The van der Waals surface area contributed by atoms with E-state index in [9.17, 15) is 4.79 Å². The van der Waals surface area contributed by atoms with Crippen LogP contribution in [0.15, 0.2) is 30.3 Å². The maximum Gasteiger partial charge on any atom is 0.126 e. The normalized spacial score (nSPS) is 32.3. The first-order valence-electron chi connectivity index (χ1n) is 5.18. The Bertz CT molecular complexity index is 330. The van der Waals surface area contributed by atoms with Crippen LogP contribution in [0.1, 0.15) is 31.7 Å². The fourth-order valence-corrected chi connectivity index (χ4v) is 2.29. The van der Waals surface area contributed by atoms with Gasteiger partial charge in [0.25, 0.3) is 0 Å². The summed E-state index contributed by atoms with van der Waals surface area (Å²) in [5, 5.41) is 0. The molecule has 1 saturated carbocycles. The van der Waals surface area contributed by atoms with Crippen molar-refractivity contribution in [2.45, 2.75) is 26.2 Å². The van der Waals surface area contributed by atoms with E-state index in [1.807, 2.05) is 6.07 Å². The molecule has 74 valence electrons. The summed E-state index contributed by atoms with van der Waals surface area (Å²) in [4.78, 5) is 10.8. The van der Waals surface area contributed by atoms with Crippen molar-refractivity contribution in [1.82, 2.24) is 0 Å². The molecule has 1 heteroatoms. The molecule has 14 heavy (non-hydrogen) atoms. The Morgan fingerprint density at radius 3 is 2.57 bits per heavy atom. The van der Waals surface area contributed by atoms with Crippen molar-refractivity contribution >= 4 is 6.29 Å². The largest absolute Gasteiger partial charge is 0.303 e. The molecule has 2 rings (SSSR count). The Kier molecular flexibility index (Phi) is 2.18. The number of aldehydes is 1. The predicted molar refractivity (Wildman–Crippen MR) is 57.1 cm³/mol. The Labute approximate surface area is 85.1 Å². The summed E-state index contributed by atoms with van der Waals surface area (Å²) in [6.45, 7) is 4.28. The number of carbonyl (C=O) groups is 1. The lowest BCUT2D eigenvalue weighted by atomic mass is 9.92. The lowest BCUT2D eigenvalue weighted by Gasteiger charge is -2.12. The van der Waals surface area contributed by atoms with Crippen LogP contribution in [0.25, 0.3) is 0 Å². The van der Waals surface area contributed by atoms with E-state index in [0.717, 1.165) is 12.7 Å². The van der Waals surface area contributed by atoms with Gasteiger partial charge in [0.1, 0.15) is 6.29 Å². The minimum Gasteiger partial charge on any atom is -0.303 e. The quantitative estimate of drug-likeness (QED) is 0.666. The molecule has 0 saturated heterocycles. The van der Waals surface area contributed by atoms with Crippen LogP contribution in [0.5, 0.6) is 0 Å². The summed E-state index contributed by atoms with van der Waals surface area (Å²) in [6, 6.07) is 10.4. The highest BCUT2D eigenvalue weighted by molar-refractivity contribution is 5.64. The zero-order chi connectivity index (χ0) is 10.2. The third kappa shape index (κ3) is 1.47. The Morgan fingerprint density at radius 1 is 1.43 bits per heavy atom. The fraction of sp³-hybridized carbons (Fsp3) is 0.462. The molecular weight excluding hydrogens is 172 g/mol. The Hall–Kier alpha value is -1.11. The summed E-state index contributed by atoms with van der Waals surface area (Å²) in [5.74, 6) is 1.05. The average molecular weight is 188 g/mol. The highest BCUT2D eigenvalue weighted by Crippen LogP contribution is 2.57. The van der Waals surface area contributed by atoms with Crippen LogP contribution in [0.3, 0.4) is 0 Å². The van der Waals surface area contributed by atoms with Gasteiger partial charge < -0.3 is 4.79 Å². The maximum atomic E-state index is 10.8. The van der Waals surface area contributed by atoms with Crippen LogP contribution in [-0.2, 0) is 4.79 Å². The zero-order valence-electron chi connectivity index (χ0n) is 8.73. The van der Waals surface area contributed by atoms with E-state index in [0.29, 0.717) is 11.8 Å². The number of hydrogen-bond donors (Lipinski definition) is 0. The highest BCUT2D eigenvalue weighted by Gasteiger charge is 2.52. The number of carbonyl (C=O) groups excluding carboxylic acids is 1. The average Bonchev–Trinajstić information content (AvgIpc) is 2.92. The summed E-state index contributed by atoms with van der Waals surface area (Å²) in [5.41, 5.74) is 1.30. The highest BCUT2D eigenvalue weighted by atomic mass is 16.1. The first-order chi connectivity index (χ1) is 6.67. The molecule has 0 N–H and O–H groups in total. The van der Waals surface area contributed by atoms with Gasteiger partial charge in [0.2, 0.25) is 0 Å². The zero-order valence-corrected chi connectivity index (χ0v) is 8.73. The van der Waals surface area contributed by atoms with Gasteiger partial charge in [0, 0.05) is 5.41 Å². The molecule has 0 bridgehead atoms. The molecule has 0 radical (unpaired) electrons. The van der Waals surface area contributed by atoms with Gasteiger partial charge in [-0.1, -0.05) is 44.2 Å². The van der Waals surface area contributed by atoms with Gasteiger partial charge in [-0.3, -0.25) is 0 Å². The lowest BCUT2D eigenvalue weighted by molar-refractivity contribution is -0.112. The molecule has 1 aliphatic rings. The van der Waals surface area contributed by atoms with Crippen LogP contribution < -0.4 is 0 Å². The molecule has 0 aromatic heterocycles. The van der Waals surface area contributed by atoms with E-state index < -0.39 is 0 Å².